The number of rotatable bonds is 9. The van der Waals surface area contributed by atoms with Gasteiger partial charge in [0, 0.05) is 29.7 Å². The molecule has 158 valence electrons. The largest absolute Gasteiger partial charge is 0.419 e. The van der Waals surface area contributed by atoms with Crippen LogP contribution in [0.5, 0.6) is 0 Å². The second-order valence-corrected chi connectivity index (χ2v) is 8.06. The highest BCUT2D eigenvalue weighted by Gasteiger charge is 2.25. The summed E-state index contributed by atoms with van der Waals surface area (Å²) in [5.41, 5.74) is 0.849. The Bertz CT molecular complexity index is 770. The Balaban J connectivity index is 1.39. The van der Waals surface area contributed by atoms with Crippen molar-refractivity contribution in [3.8, 4) is 11.5 Å². The third-order valence-electron chi connectivity index (χ3n) is 4.95. The highest BCUT2D eigenvalue weighted by atomic mass is 35.5. The molecule has 1 fully saturated rings. The lowest BCUT2D eigenvalue weighted by molar-refractivity contribution is -0.126. The van der Waals surface area contributed by atoms with Gasteiger partial charge in [-0.25, -0.2) is 0 Å². The molecule has 0 unspecified atom stereocenters. The normalized spacial score (nSPS) is 15.7. The smallest absolute Gasteiger partial charge is 0.247 e. The lowest BCUT2D eigenvalue weighted by Crippen LogP contribution is -2.40. The van der Waals surface area contributed by atoms with E-state index in [4.69, 9.17) is 20.8 Å². The Morgan fingerprint density at radius 1 is 1.28 bits per heavy atom. The number of halogens is 1. The van der Waals surface area contributed by atoms with Crippen molar-refractivity contribution in [2.24, 2.45) is 5.92 Å². The number of carbonyl (C=O) groups excluding carboxylic acids is 1. The summed E-state index contributed by atoms with van der Waals surface area (Å²) in [6.45, 7) is 7.65. The first-order valence-corrected chi connectivity index (χ1v) is 10.6. The SMILES string of the molecule is CC(C)OCCCNC(=O)C1CCN(Cc2nnc(-c3ccc(Cl)cc3)o2)CC1. The molecule has 0 radical (unpaired) electrons. The van der Waals surface area contributed by atoms with Crippen LogP contribution < -0.4 is 5.32 Å². The minimum absolute atomic E-state index is 0.0737. The Hall–Kier alpha value is -1.96. The van der Waals surface area contributed by atoms with E-state index in [-0.39, 0.29) is 17.9 Å². The molecule has 1 aromatic heterocycles. The molecule has 8 heteroatoms. The van der Waals surface area contributed by atoms with Crippen LogP contribution in [-0.4, -0.2) is 53.3 Å². The molecular weight excluding hydrogens is 392 g/mol. The average molecular weight is 421 g/mol. The molecule has 2 heterocycles. The summed E-state index contributed by atoms with van der Waals surface area (Å²) in [4.78, 5) is 14.6. The zero-order valence-corrected chi connectivity index (χ0v) is 17.8. The van der Waals surface area contributed by atoms with Gasteiger partial charge in [0.2, 0.25) is 17.7 Å². The molecule has 0 aliphatic carbocycles. The van der Waals surface area contributed by atoms with Gasteiger partial charge in [-0.15, -0.1) is 10.2 Å². The quantitative estimate of drug-likeness (QED) is 0.625. The standard InChI is InChI=1S/C21H29ClN4O3/c1-15(2)28-13-3-10-23-20(27)16-8-11-26(12-9-16)14-19-24-25-21(29-19)17-4-6-18(22)7-5-17/h4-7,15-16H,3,8-14H2,1-2H3,(H,23,27). The van der Waals surface area contributed by atoms with E-state index in [1.54, 1.807) is 12.1 Å². The van der Waals surface area contributed by atoms with Crippen molar-refractivity contribution >= 4 is 17.5 Å². The Kier molecular flexibility index (Phi) is 8.03. The van der Waals surface area contributed by atoms with E-state index in [1.807, 2.05) is 26.0 Å². The van der Waals surface area contributed by atoms with Gasteiger partial charge in [0.25, 0.3) is 0 Å². The fourth-order valence-electron chi connectivity index (χ4n) is 3.32. The predicted molar refractivity (Wildman–Crippen MR) is 111 cm³/mol. The average Bonchev–Trinajstić information content (AvgIpc) is 3.17. The number of nitrogens with one attached hydrogen (secondary N) is 1. The fourth-order valence-corrected chi connectivity index (χ4v) is 3.44. The van der Waals surface area contributed by atoms with Crippen molar-refractivity contribution in [3.05, 3.63) is 35.2 Å². The summed E-state index contributed by atoms with van der Waals surface area (Å²) in [6, 6.07) is 7.32. The third-order valence-corrected chi connectivity index (χ3v) is 5.20. The van der Waals surface area contributed by atoms with Gasteiger partial charge in [0.1, 0.15) is 0 Å². The second-order valence-electron chi connectivity index (χ2n) is 7.62. The molecule has 0 spiro atoms. The van der Waals surface area contributed by atoms with Crippen molar-refractivity contribution in [3.63, 3.8) is 0 Å². The first kappa shape index (κ1) is 21.7. The van der Waals surface area contributed by atoms with E-state index in [1.165, 1.54) is 0 Å². The van der Waals surface area contributed by atoms with Crippen molar-refractivity contribution in [2.75, 3.05) is 26.2 Å². The van der Waals surface area contributed by atoms with Crippen molar-refractivity contribution in [1.82, 2.24) is 20.4 Å². The van der Waals surface area contributed by atoms with Gasteiger partial charge in [-0.3, -0.25) is 9.69 Å². The van der Waals surface area contributed by atoms with Crippen LogP contribution in [0.4, 0.5) is 0 Å². The molecule has 0 bridgehead atoms. The summed E-state index contributed by atoms with van der Waals surface area (Å²) in [5, 5.41) is 12.0. The number of piperidine rings is 1. The van der Waals surface area contributed by atoms with Gasteiger partial charge in [-0.1, -0.05) is 11.6 Å². The first-order valence-electron chi connectivity index (χ1n) is 10.2. The Morgan fingerprint density at radius 2 is 2.00 bits per heavy atom. The zero-order chi connectivity index (χ0) is 20.6. The Morgan fingerprint density at radius 3 is 2.69 bits per heavy atom. The van der Waals surface area contributed by atoms with E-state index in [2.05, 4.69) is 20.4 Å². The first-order chi connectivity index (χ1) is 14.0. The maximum absolute atomic E-state index is 12.3. The molecule has 2 aromatic rings. The molecule has 29 heavy (non-hydrogen) atoms. The topological polar surface area (TPSA) is 80.5 Å². The predicted octanol–water partition coefficient (Wildman–Crippen LogP) is 3.53. The summed E-state index contributed by atoms with van der Waals surface area (Å²) in [5.74, 6) is 1.30. The van der Waals surface area contributed by atoms with Crippen LogP contribution in [0.1, 0.15) is 39.0 Å². The molecule has 3 rings (SSSR count). The monoisotopic (exact) mass is 420 g/mol. The van der Waals surface area contributed by atoms with Gasteiger partial charge in [0.15, 0.2) is 0 Å². The van der Waals surface area contributed by atoms with Crippen LogP contribution in [0.25, 0.3) is 11.5 Å². The molecule has 1 N–H and O–H groups in total. The lowest BCUT2D eigenvalue weighted by atomic mass is 9.96. The van der Waals surface area contributed by atoms with E-state index in [9.17, 15) is 4.79 Å². The number of hydrogen-bond acceptors (Lipinski definition) is 6. The molecule has 0 atom stereocenters. The number of nitrogens with zero attached hydrogens (tertiary/aromatic N) is 3. The van der Waals surface area contributed by atoms with Gasteiger partial charge in [-0.05, 0) is 70.5 Å². The zero-order valence-electron chi connectivity index (χ0n) is 17.1. The molecule has 1 aliphatic rings. The molecule has 1 aliphatic heterocycles. The summed E-state index contributed by atoms with van der Waals surface area (Å²) < 4.78 is 11.3. The minimum atomic E-state index is 0.0737. The molecule has 7 nitrogen and oxygen atoms in total. The number of amides is 1. The van der Waals surface area contributed by atoms with E-state index >= 15 is 0 Å². The van der Waals surface area contributed by atoms with Crippen molar-refractivity contribution in [2.45, 2.75) is 45.8 Å². The van der Waals surface area contributed by atoms with Crippen LogP contribution in [0.15, 0.2) is 28.7 Å². The van der Waals surface area contributed by atoms with Crippen LogP contribution in [0.3, 0.4) is 0 Å². The van der Waals surface area contributed by atoms with Crippen LogP contribution >= 0.6 is 11.6 Å². The molecule has 1 saturated heterocycles. The van der Waals surface area contributed by atoms with Crippen molar-refractivity contribution in [1.29, 1.82) is 0 Å². The number of carbonyl (C=O) groups is 1. The molecule has 0 saturated carbocycles. The Labute approximate surface area is 176 Å². The highest BCUT2D eigenvalue weighted by Crippen LogP contribution is 2.22. The van der Waals surface area contributed by atoms with Gasteiger partial charge in [0.05, 0.1) is 12.6 Å². The number of hydrogen-bond donors (Lipinski definition) is 1. The number of aromatic nitrogens is 2. The maximum atomic E-state index is 12.3. The summed E-state index contributed by atoms with van der Waals surface area (Å²) in [6.07, 6.45) is 2.76. The third kappa shape index (κ3) is 6.80. The number of benzene rings is 1. The van der Waals surface area contributed by atoms with Gasteiger partial charge in [-0.2, -0.15) is 0 Å². The van der Waals surface area contributed by atoms with Crippen LogP contribution in [0.2, 0.25) is 5.02 Å². The highest BCUT2D eigenvalue weighted by molar-refractivity contribution is 6.30. The number of ether oxygens (including phenoxy) is 1. The minimum Gasteiger partial charge on any atom is -0.419 e. The second kappa shape index (κ2) is 10.7. The van der Waals surface area contributed by atoms with Crippen LogP contribution in [-0.2, 0) is 16.1 Å². The molecule has 1 aromatic carbocycles. The summed E-state index contributed by atoms with van der Waals surface area (Å²) in [7, 11) is 0. The molecular formula is C21H29ClN4O3. The van der Waals surface area contributed by atoms with E-state index in [0.29, 0.717) is 36.5 Å². The number of likely N-dealkylation sites (tertiary alicyclic amines) is 1. The van der Waals surface area contributed by atoms with Gasteiger partial charge < -0.3 is 14.5 Å². The maximum Gasteiger partial charge on any atom is 0.247 e. The van der Waals surface area contributed by atoms with Gasteiger partial charge >= 0.3 is 0 Å². The molecule has 1 amide bonds. The van der Waals surface area contributed by atoms with E-state index < -0.39 is 0 Å². The lowest BCUT2D eigenvalue weighted by Gasteiger charge is -2.30. The van der Waals surface area contributed by atoms with E-state index in [0.717, 1.165) is 37.9 Å². The fraction of sp³-hybridized carbons (Fsp3) is 0.571. The summed E-state index contributed by atoms with van der Waals surface area (Å²) >= 11 is 5.91. The van der Waals surface area contributed by atoms with Crippen molar-refractivity contribution < 1.29 is 13.9 Å². The van der Waals surface area contributed by atoms with Crippen LogP contribution in [0, 0.1) is 5.92 Å².